The molecule has 1 aromatic heterocycles. The molecule has 0 saturated heterocycles. The molecule has 0 fully saturated rings. The lowest BCUT2D eigenvalue weighted by Gasteiger charge is -2.08. The van der Waals surface area contributed by atoms with E-state index in [1.54, 1.807) is 12.1 Å². The van der Waals surface area contributed by atoms with Crippen molar-refractivity contribution in [2.75, 3.05) is 6.54 Å². The topological polar surface area (TPSA) is 46.8 Å². The normalized spacial score (nSPS) is 11.3. The first-order valence-corrected chi connectivity index (χ1v) is 8.72. The van der Waals surface area contributed by atoms with Crippen LogP contribution in [0.2, 0.25) is 0 Å². The fraction of sp³-hybridized carbons (Fsp3) is 0.136. The molecule has 0 unspecified atom stereocenters. The molecular weight excluding hydrogens is 329 g/mol. The summed E-state index contributed by atoms with van der Waals surface area (Å²) in [5.41, 5.74) is 1.92. The van der Waals surface area contributed by atoms with E-state index in [4.69, 9.17) is 4.42 Å². The summed E-state index contributed by atoms with van der Waals surface area (Å²) in [6.07, 6.45) is 0.646. The largest absolute Gasteiger partial charge is 0.423 e. The number of hydrogen-bond donors (Lipinski definition) is 1. The zero-order valence-electron chi connectivity index (χ0n) is 14.2. The Kier molecular flexibility index (Phi) is 4.50. The van der Waals surface area contributed by atoms with Crippen molar-refractivity contribution in [2.24, 2.45) is 0 Å². The van der Waals surface area contributed by atoms with Gasteiger partial charge >= 0.3 is 5.63 Å². The van der Waals surface area contributed by atoms with Crippen LogP contribution in [0.25, 0.3) is 21.7 Å². The first kappa shape index (κ1) is 16.5. The molecule has 0 aliphatic carbocycles. The van der Waals surface area contributed by atoms with Gasteiger partial charge in [-0.15, -0.1) is 0 Å². The molecule has 0 saturated carbocycles. The highest BCUT2D eigenvalue weighted by atomic mass is 19.1. The fourth-order valence-corrected chi connectivity index (χ4v) is 3.40. The third-order valence-electron chi connectivity index (χ3n) is 4.65. The summed E-state index contributed by atoms with van der Waals surface area (Å²) in [5.74, 6) is -0.169. The lowest BCUT2D eigenvalue weighted by atomic mass is 10.0. The molecule has 0 bridgehead atoms. The molecule has 0 spiro atoms. The van der Waals surface area contributed by atoms with Gasteiger partial charge in [0.05, 0.1) is 6.54 Å². The van der Waals surface area contributed by atoms with Crippen LogP contribution in [0.4, 0.5) is 4.39 Å². The van der Waals surface area contributed by atoms with Crippen LogP contribution < -0.4 is 10.9 Å². The van der Waals surface area contributed by atoms with E-state index in [1.165, 1.54) is 6.07 Å². The van der Waals surface area contributed by atoms with Crippen LogP contribution >= 0.6 is 0 Å². The van der Waals surface area contributed by atoms with Gasteiger partial charge in [-0.3, -0.25) is 0 Å². The third kappa shape index (κ3) is 3.24. The second kappa shape index (κ2) is 7.10. The number of benzene rings is 3. The number of halogens is 1. The highest BCUT2D eigenvalue weighted by molar-refractivity contribution is 6.06. The molecule has 3 nitrogen and oxygen atoms in total. The van der Waals surface area contributed by atoms with Crippen LogP contribution in [0.5, 0.6) is 0 Å². The first-order valence-electron chi connectivity index (χ1n) is 8.72. The second-order valence-corrected chi connectivity index (χ2v) is 6.37. The van der Waals surface area contributed by atoms with Gasteiger partial charge in [-0.25, -0.2) is 9.18 Å². The molecule has 2 N–H and O–H groups in total. The predicted molar refractivity (Wildman–Crippen MR) is 101 cm³/mol. The molecule has 0 radical (unpaired) electrons. The summed E-state index contributed by atoms with van der Waals surface area (Å²) in [7, 11) is 0. The average molecular weight is 348 g/mol. The van der Waals surface area contributed by atoms with Crippen molar-refractivity contribution >= 4 is 21.7 Å². The number of nitrogens with two attached hydrogens (primary N) is 1. The van der Waals surface area contributed by atoms with Crippen LogP contribution in [-0.2, 0) is 13.0 Å². The van der Waals surface area contributed by atoms with Gasteiger partial charge in [0, 0.05) is 23.4 Å². The summed E-state index contributed by atoms with van der Waals surface area (Å²) in [4.78, 5) is 11.9. The minimum atomic E-state index is -0.342. The Morgan fingerprint density at radius 2 is 1.73 bits per heavy atom. The van der Waals surface area contributed by atoms with E-state index in [0.717, 1.165) is 28.3 Å². The zero-order valence-corrected chi connectivity index (χ0v) is 14.2. The van der Waals surface area contributed by atoms with E-state index in [1.807, 2.05) is 48.5 Å². The van der Waals surface area contributed by atoms with E-state index < -0.39 is 0 Å². The van der Waals surface area contributed by atoms with Gasteiger partial charge in [0.25, 0.3) is 0 Å². The van der Waals surface area contributed by atoms with Crippen molar-refractivity contribution in [1.29, 1.82) is 0 Å². The van der Waals surface area contributed by atoms with Crippen molar-refractivity contribution in [3.05, 3.63) is 94.1 Å². The van der Waals surface area contributed by atoms with Gasteiger partial charge in [-0.1, -0.05) is 48.5 Å². The van der Waals surface area contributed by atoms with Crippen molar-refractivity contribution in [3.8, 4) is 0 Å². The molecule has 4 heteroatoms. The van der Waals surface area contributed by atoms with E-state index >= 15 is 0 Å². The molecule has 0 amide bonds. The van der Waals surface area contributed by atoms with Gasteiger partial charge in [-0.05, 0) is 28.5 Å². The van der Waals surface area contributed by atoms with Crippen LogP contribution in [-0.4, -0.2) is 6.54 Å². The monoisotopic (exact) mass is 348 g/mol. The molecule has 1 heterocycles. The van der Waals surface area contributed by atoms with Crippen LogP contribution in [0, 0.1) is 5.82 Å². The van der Waals surface area contributed by atoms with E-state index in [9.17, 15) is 9.18 Å². The van der Waals surface area contributed by atoms with Gasteiger partial charge < -0.3 is 9.73 Å². The standard InChI is InChI=1S/C22H18FNO2/c23-19-8-4-2-6-16(19)11-12-24-14-17-13-21(25)26-20-10-9-15-5-1-3-7-18(15)22(17)20/h1-10,13,24H,11-12,14H2/p+1. The Balaban J connectivity index is 1.60. The molecular formula is C22H19FNO2+. The summed E-state index contributed by atoms with van der Waals surface area (Å²) < 4.78 is 19.1. The van der Waals surface area contributed by atoms with E-state index in [0.29, 0.717) is 24.1 Å². The molecule has 0 aliphatic heterocycles. The van der Waals surface area contributed by atoms with E-state index in [-0.39, 0.29) is 11.4 Å². The highest BCUT2D eigenvalue weighted by Crippen LogP contribution is 2.26. The smallest absolute Gasteiger partial charge is 0.336 e. The van der Waals surface area contributed by atoms with Crippen LogP contribution in [0.1, 0.15) is 11.1 Å². The van der Waals surface area contributed by atoms with Gasteiger partial charge in [0.15, 0.2) is 0 Å². The number of hydrogen-bond acceptors (Lipinski definition) is 2. The molecule has 3 aromatic carbocycles. The maximum Gasteiger partial charge on any atom is 0.336 e. The number of quaternary nitrogens is 1. The van der Waals surface area contributed by atoms with Crippen molar-refractivity contribution in [2.45, 2.75) is 13.0 Å². The van der Waals surface area contributed by atoms with E-state index in [2.05, 4.69) is 5.32 Å². The van der Waals surface area contributed by atoms with Gasteiger partial charge in [0.2, 0.25) is 0 Å². The Bertz CT molecular complexity index is 1130. The minimum Gasteiger partial charge on any atom is -0.423 e. The van der Waals surface area contributed by atoms with Crippen molar-refractivity contribution in [1.82, 2.24) is 0 Å². The molecule has 130 valence electrons. The summed E-state index contributed by atoms with van der Waals surface area (Å²) in [5, 5.41) is 5.26. The second-order valence-electron chi connectivity index (χ2n) is 6.37. The van der Waals surface area contributed by atoms with Crippen molar-refractivity contribution in [3.63, 3.8) is 0 Å². The SMILES string of the molecule is O=c1cc(C[NH2+]CCc2ccccc2F)c2c(ccc3ccccc32)o1. The average Bonchev–Trinajstić information content (AvgIpc) is 2.66. The Hall–Kier alpha value is -2.98. The zero-order chi connectivity index (χ0) is 17.9. The molecule has 4 rings (SSSR count). The quantitative estimate of drug-likeness (QED) is 0.341. The van der Waals surface area contributed by atoms with Crippen LogP contribution in [0.3, 0.4) is 0 Å². The third-order valence-corrected chi connectivity index (χ3v) is 4.65. The van der Waals surface area contributed by atoms with Gasteiger partial charge in [-0.2, -0.15) is 0 Å². The lowest BCUT2D eigenvalue weighted by molar-refractivity contribution is -0.670. The Morgan fingerprint density at radius 3 is 2.62 bits per heavy atom. The molecule has 0 atom stereocenters. The maximum atomic E-state index is 13.7. The maximum absolute atomic E-state index is 13.7. The minimum absolute atomic E-state index is 0.169. The molecule has 4 aromatic rings. The summed E-state index contributed by atoms with van der Waals surface area (Å²) in [6.45, 7) is 1.39. The summed E-state index contributed by atoms with van der Waals surface area (Å²) >= 11 is 0. The number of rotatable bonds is 5. The van der Waals surface area contributed by atoms with Crippen LogP contribution in [0.15, 0.2) is 75.9 Å². The number of fused-ring (bicyclic) bond motifs is 3. The Morgan fingerprint density at radius 1 is 0.923 bits per heavy atom. The Labute approximate surface area is 150 Å². The van der Waals surface area contributed by atoms with Crippen molar-refractivity contribution < 1.29 is 14.1 Å². The first-order chi connectivity index (χ1) is 12.7. The fourth-order valence-electron chi connectivity index (χ4n) is 3.40. The molecule has 26 heavy (non-hydrogen) atoms. The predicted octanol–water partition coefficient (Wildman–Crippen LogP) is 3.39. The lowest BCUT2D eigenvalue weighted by Crippen LogP contribution is -2.83. The summed E-state index contributed by atoms with van der Waals surface area (Å²) in [6, 6.07) is 20.3. The highest BCUT2D eigenvalue weighted by Gasteiger charge is 2.11. The van der Waals surface area contributed by atoms with Gasteiger partial charge in [0.1, 0.15) is 17.9 Å². The molecule has 0 aliphatic rings.